The molecule has 2 rings (SSSR count). The Morgan fingerprint density at radius 2 is 2.09 bits per heavy atom. The van der Waals surface area contributed by atoms with Gasteiger partial charge in [-0.05, 0) is 31.4 Å². The summed E-state index contributed by atoms with van der Waals surface area (Å²) in [7, 11) is 0. The summed E-state index contributed by atoms with van der Waals surface area (Å²) in [6.07, 6.45) is 6.14. The van der Waals surface area contributed by atoms with Crippen LogP contribution in [0.4, 0.5) is 16.2 Å². The van der Waals surface area contributed by atoms with E-state index < -0.39 is 11.0 Å². The van der Waals surface area contributed by atoms with Crippen molar-refractivity contribution in [1.29, 1.82) is 0 Å². The first-order valence-electron chi connectivity index (χ1n) is 8.09. The van der Waals surface area contributed by atoms with Crippen molar-refractivity contribution in [2.45, 2.75) is 51.5 Å². The van der Waals surface area contributed by atoms with Crippen molar-refractivity contribution in [3.8, 4) is 5.75 Å². The molecule has 0 unspecified atom stereocenters. The van der Waals surface area contributed by atoms with Gasteiger partial charge in [0.2, 0.25) is 0 Å². The van der Waals surface area contributed by atoms with E-state index in [0.29, 0.717) is 12.4 Å². The van der Waals surface area contributed by atoms with Crippen LogP contribution in [0.5, 0.6) is 5.75 Å². The smallest absolute Gasteiger partial charge is 0.319 e. The third kappa shape index (κ3) is 5.12. The first-order chi connectivity index (χ1) is 11.1. The molecule has 1 saturated carbocycles. The monoisotopic (exact) mass is 321 g/mol. The molecule has 7 heteroatoms. The fraction of sp³-hybridized carbons (Fsp3) is 0.562. The van der Waals surface area contributed by atoms with Crippen LogP contribution in [0, 0.1) is 10.1 Å². The van der Waals surface area contributed by atoms with Crippen molar-refractivity contribution in [3.63, 3.8) is 0 Å². The van der Waals surface area contributed by atoms with Gasteiger partial charge in [0.15, 0.2) is 0 Å². The van der Waals surface area contributed by atoms with Gasteiger partial charge in [0.05, 0.1) is 17.6 Å². The highest BCUT2D eigenvalue weighted by atomic mass is 16.6. The molecule has 0 saturated heterocycles. The number of nitrogens with zero attached hydrogens (tertiary/aromatic N) is 1. The number of nitrogens with one attached hydrogen (secondary N) is 2. The summed E-state index contributed by atoms with van der Waals surface area (Å²) < 4.78 is 5.39. The number of nitro groups is 1. The van der Waals surface area contributed by atoms with Crippen LogP contribution < -0.4 is 15.4 Å². The van der Waals surface area contributed by atoms with E-state index in [1.165, 1.54) is 18.6 Å². The second-order valence-electron chi connectivity index (χ2n) is 5.72. The molecule has 2 N–H and O–H groups in total. The summed E-state index contributed by atoms with van der Waals surface area (Å²) in [5.74, 6) is 0.428. The normalized spacial score (nSPS) is 15.0. The maximum absolute atomic E-state index is 12.0. The topological polar surface area (TPSA) is 93.5 Å². The molecule has 0 aromatic heterocycles. The Bertz CT molecular complexity index is 556. The van der Waals surface area contributed by atoms with Gasteiger partial charge in [0.25, 0.3) is 5.69 Å². The maximum Gasteiger partial charge on any atom is 0.319 e. The number of nitro benzene ring substituents is 1. The number of hydrogen-bond donors (Lipinski definition) is 2. The molecule has 1 aliphatic carbocycles. The van der Waals surface area contributed by atoms with Gasteiger partial charge in [-0.1, -0.05) is 26.2 Å². The Hall–Kier alpha value is -2.31. The molecule has 7 nitrogen and oxygen atoms in total. The van der Waals surface area contributed by atoms with Gasteiger partial charge in [-0.25, -0.2) is 4.79 Å². The van der Waals surface area contributed by atoms with E-state index in [-0.39, 0.29) is 17.4 Å². The number of hydrogen-bond acceptors (Lipinski definition) is 4. The highest BCUT2D eigenvalue weighted by molar-refractivity contribution is 5.92. The summed E-state index contributed by atoms with van der Waals surface area (Å²) in [5.41, 5.74) is 0.00422. The highest BCUT2D eigenvalue weighted by Crippen LogP contribution is 2.29. The van der Waals surface area contributed by atoms with Gasteiger partial charge in [-0.2, -0.15) is 0 Å². The van der Waals surface area contributed by atoms with Gasteiger partial charge in [-0.3, -0.25) is 10.1 Å². The number of carbonyl (C=O) groups is 1. The molecule has 2 amide bonds. The number of benzene rings is 1. The van der Waals surface area contributed by atoms with Crippen LogP contribution in [0.25, 0.3) is 0 Å². The molecule has 0 aliphatic heterocycles. The van der Waals surface area contributed by atoms with Gasteiger partial charge >= 0.3 is 6.03 Å². The summed E-state index contributed by atoms with van der Waals surface area (Å²) in [4.78, 5) is 22.7. The number of carbonyl (C=O) groups excluding carboxylic acids is 1. The third-order valence-electron chi connectivity index (χ3n) is 3.83. The van der Waals surface area contributed by atoms with Crippen LogP contribution in [0.2, 0.25) is 0 Å². The Morgan fingerprint density at radius 1 is 1.35 bits per heavy atom. The second kappa shape index (κ2) is 8.36. The van der Waals surface area contributed by atoms with E-state index in [1.807, 2.05) is 6.92 Å². The Labute approximate surface area is 135 Å². The summed E-state index contributed by atoms with van der Waals surface area (Å²) in [6.45, 7) is 2.45. The number of urea groups is 1. The quantitative estimate of drug-likeness (QED) is 0.615. The minimum absolute atomic E-state index is 0.148. The van der Waals surface area contributed by atoms with Crippen molar-refractivity contribution in [2.75, 3.05) is 11.9 Å². The lowest BCUT2D eigenvalue weighted by molar-refractivity contribution is -0.384. The van der Waals surface area contributed by atoms with Crippen LogP contribution >= 0.6 is 0 Å². The van der Waals surface area contributed by atoms with Crippen LogP contribution in [-0.4, -0.2) is 23.6 Å². The van der Waals surface area contributed by atoms with Crippen LogP contribution in [0.1, 0.15) is 45.4 Å². The average Bonchev–Trinajstić information content (AvgIpc) is 2.54. The van der Waals surface area contributed by atoms with Crippen molar-refractivity contribution in [1.82, 2.24) is 5.32 Å². The first-order valence-corrected chi connectivity index (χ1v) is 8.09. The number of ether oxygens (including phenoxy) is 1. The molecule has 1 aliphatic rings. The fourth-order valence-corrected chi connectivity index (χ4v) is 2.67. The molecule has 1 aromatic carbocycles. The van der Waals surface area contributed by atoms with Crippen molar-refractivity contribution in [2.24, 2.45) is 0 Å². The van der Waals surface area contributed by atoms with Gasteiger partial charge in [0.1, 0.15) is 11.4 Å². The molecule has 0 spiro atoms. The van der Waals surface area contributed by atoms with Gasteiger partial charge in [-0.15, -0.1) is 0 Å². The largest absolute Gasteiger partial charge is 0.493 e. The molecule has 1 aromatic rings. The standard InChI is InChI=1S/C16H23N3O4/c1-2-10-23-13-8-9-14(15(11-13)19(21)22)18-16(20)17-12-6-4-3-5-7-12/h8-9,11-12H,2-7,10H2,1H3,(H2,17,18,20). The molecule has 126 valence electrons. The van der Waals surface area contributed by atoms with Gasteiger partial charge < -0.3 is 15.4 Å². The third-order valence-corrected chi connectivity index (χ3v) is 3.83. The SMILES string of the molecule is CCCOc1ccc(NC(=O)NC2CCCCC2)c([N+](=O)[O-])c1. The van der Waals surface area contributed by atoms with E-state index >= 15 is 0 Å². The maximum atomic E-state index is 12.0. The van der Waals surface area contributed by atoms with Crippen molar-refractivity contribution >= 4 is 17.4 Å². The number of amides is 2. The van der Waals surface area contributed by atoms with Crippen LogP contribution in [0.15, 0.2) is 18.2 Å². The summed E-state index contributed by atoms with van der Waals surface area (Å²) in [5, 5.41) is 16.7. The Balaban J connectivity index is 2.02. The fourth-order valence-electron chi connectivity index (χ4n) is 2.67. The lowest BCUT2D eigenvalue weighted by Crippen LogP contribution is -2.39. The zero-order valence-corrected chi connectivity index (χ0v) is 13.3. The lowest BCUT2D eigenvalue weighted by Gasteiger charge is -2.22. The molecule has 0 heterocycles. The Morgan fingerprint density at radius 3 is 2.74 bits per heavy atom. The molecule has 1 fully saturated rings. The van der Waals surface area contributed by atoms with E-state index in [1.54, 1.807) is 6.07 Å². The number of anilines is 1. The summed E-state index contributed by atoms with van der Waals surface area (Å²) in [6, 6.07) is 4.21. The minimum atomic E-state index is -0.519. The summed E-state index contributed by atoms with van der Waals surface area (Å²) >= 11 is 0. The van der Waals surface area contributed by atoms with E-state index in [4.69, 9.17) is 4.74 Å². The van der Waals surface area contributed by atoms with Crippen LogP contribution in [-0.2, 0) is 0 Å². The van der Waals surface area contributed by atoms with E-state index in [2.05, 4.69) is 10.6 Å². The molecule has 0 atom stereocenters. The zero-order valence-electron chi connectivity index (χ0n) is 13.3. The number of rotatable bonds is 6. The first kappa shape index (κ1) is 17.1. The van der Waals surface area contributed by atoms with Gasteiger partial charge in [0, 0.05) is 6.04 Å². The van der Waals surface area contributed by atoms with E-state index in [9.17, 15) is 14.9 Å². The predicted octanol–water partition coefficient (Wildman–Crippen LogP) is 3.84. The molecule has 0 radical (unpaired) electrons. The van der Waals surface area contributed by atoms with Crippen LogP contribution in [0.3, 0.4) is 0 Å². The second-order valence-corrected chi connectivity index (χ2v) is 5.72. The van der Waals surface area contributed by atoms with Crippen molar-refractivity contribution in [3.05, 3.63) is 28.3 Å². The Kier molecular flexibility index (Phi) is 6.19. The minimum Gasteiger partial charge on any atom is -0.493 e. The van der Waals surface area contributed by atoms with E-state index in [0.717, 1.165) is 32.1 Å². The van der Waals surface area contributed by atoms with Crippen molar-refractivity contribution < 1.29 is 14.5 Å². The molecular formula is C16H23N3O4. The molecule has 23 heavy (non-hydrogen) atoms. The molecule has 0 bridgehead atoms. The predicted molar refractivity (Wildman–Crippen MR) is 87.9 cm³/mol. The molecular weight excluding hydrogens is 298 g/mol. The average molecular weight is 321 g/mol. The highest BCUT2D eigenvalue weighted by Gasteiger charge is 2.20. The lowest BCUT2D eigenvalue weighted by atomic mass is 9.96. The zero-order chi connectivity index (χ0) is 16.7.